The molecular weight excluding hydrogens is 156 g/mol. The number of carboxylic acids is 1. The van der Waals surface area contributed by atoms with Crippen molar-refractivity contribution in [3.05, 3.63) is 24.0 Å². The molecule has 2 unspecified atom stereocenters. The molecule has 0 saturated heterocycles. The fourth-order valence-electron chi connectivity index (χ4n) is 1.76. The largest absolute Gasteiger partial charge is 0.497 e. The second kappa shape index (κ2) is 2.66. The van der Waals surface area contributed by atoms with Crippen molar-refractivity contribution < 1.29 is 14.6 Å². The van der Waals surface area contributed by atoms with E-state index in [0.29, 0.717) is 5.57 Å². The zero-order valence-corrected chi connectivity index (χ0v) is 6.56. The first-order valence-corrected chi connectivity index (χ1v) is 4.04. The van der Waals surface area contributed by atoms with Crippen molar-refractivity contribution in [2.75, 3.05) is 0 Å². The van der Waals surface area contributed by atoms with E-state index in [-0.39, 0.29) is 12.0 Å². The minimum Gasteiger partial charge on any atom is -0.497 e. The first kappa shape index (κ1) is 7.40. The van der Waals surface area contributed by atoms with Crippen molar-refractivity contribution in [2.24, 2.45) is 5.92 Å². The van der Waals surface area contributed by atoms with Crippen LogP contribution in [0.1, 0.15) is 12.8 Å². The number of hydrogen-bond acceptors (Lipinski definition) is 2. The van der Waals surface area contributed by atoms with Gasteiger partial charge in [0.05, 0.1) is 6.26 Å². The van der Waals surface area contributed by atoms with Gasteiger partial charge in [-0.2, -0.15) is 0 Å². The Balaban J connectivity index is 2.26. The zero-order chi connectivity index (χ0) is 8.55. The standard InChI is InChI=1S/C9H10O3/c10-9(11)7-2-1-3-8-6(7)4-5-12-8/h2,4-6,8H,1,3H2,(H,10,11). The van der Waals surface area contributed by atoms with E-state index in [1.807, 2.05) is 6.08 Å². The maximum atomic E-state index is 10.7. The number of ether oxygens (including phenoxy) is 1. The lowest BCUT2D eigenvalue weighted by Gasteiger charge is -2.22. The Hall–Kier alpha value is -1.25. The fourth-order valence-corrected chi connectivity index (χ4v) is 1.76. The Bertz CT molecular complexity index is 265. The van der Waals surface area contributed by atoms with Crippen LogP contribution in [0.15, 0.2) is 24.0 Å². The third-order valence-corrected chi connectivity index (χ3v) is 2.36. The first-order chi connectivity index (χ1) is 5.79. The van der Waals surface area contributed by atoms with Crippen molar-refractivity contribution in [1.82, 2.24) is 0 Å². The van der Waals surface area contributed by atoms with Gasteiger partial charge in [-0.3, -0.25) is 0 Å². The Kier molecular flexibility index (Phi) is 1.64. The molecule has 0 fully saturated rings. The Morgan fingerprint density at radius 3 is 3.25 bits per heavy atom. The molecule has 12 heavy (non-hydrogen) atoms. The van der Waals surface area contributed by atoms with E-state index in [2.05, 4.69) is 0 Å². The lowest BCUT2D eigenvalue weighted by molar-refractivity contribution is -0.133. The van der Waals surface area contributed by atoms with Crippen LogP contribution in [0.5, 0.6) is 0 Å². The molecule has 1 aliphatic carbocycles. The molecule has 2 aliphatic rings. The van der Waals surface area contributed by atoms with Crippen LogP contribution in [0.4, 0.5) is 0 Å². The van der Waals surface area contributed by atoms with Gasteiger partial charge < -0.3 is 9.84 Å². The van der Waals surface area contributed by atoms with Crippen molar-refractivity contribution in [2.45, 2.75) is 18.9 Å². The smallest absolute Gasteiger partial charge is 0.331 e. The minimum absolute atomic E-state index is 0.0174. The molecule has 0 aromatic heterocycles. The summed E-state index contributed by atoms with van der Waals surface area (Å²) >= 11 is 0. The molecule has 1 N–H and O–H groups in total. The van der Waals surface area contributed by atoms with E-state index in [0.717, 1.165) is 12.8 Å². The summed E-state index contributed by atoms with van der Waals surface area (Å²) < 4.78 is 5.25. The van der Waals surface area contributed by atoms with Gasteiger partial charge in [-0.15, -0.1) is 0 Å². The van der Waals surface area contributed by atoms with E-state index in [1.54, 1.807) is 12.3 Å². The van der Waals surface area contributed by atoms with Gasteiger partial charge in [-0.25, -0.2) is 4.79 Å². The molecule has 2 atom stereocenters. The zero-order valence-electron chi connectivity index (χ0n) is 6.56. The molecule has 0 radical (unpaired) electrons. The van der Waals surface area contributed by atoms with E-state index in [4.69, 9.17) is 9.84 Å². The molecule has 1 aliphatic heterocycles. The van der Waals surface area contributed by atoms with Crippen molar-refractivity contribution in [3.63, 3.8) is 0 Å². The second-order valence-corrected chi connectivity index (χ2v) is 3.07. The van der Waals surface area contributed by atoms with Crippen molar-refractivity contribution in [1.29, 1.82) is 0 Å². The number of carboxylic acid groups (broad SMARTS) is 1. The predicted octanol–water partition coefficient (Wildman–Crippen LogP) is 1.32. The van der Waals surface area contributed by atoms with Crippen LogP contribution in [-0.4, -0.2) is 17.2 Å². The second-order valence-electron chi connectivity index (χ2n) is 3.07. The van der Waals surface area contributed by atoms with Gasteiger partial charge in [-0.05, 0) is 18.9 Å². The van der Waals surface area contributed by atoms with Crippen LogP contribution >= 0.6 is 0 Å². The molecular formula is C9H10O3. The third-order valence-electron chi connectivity index (χ3n) is 2.36. The van der Waals surface area contributed by atoms with Crippen LogP contribution < -0.4 is 0 Å². The van der Waals surface area contributed by atoms with Crippen LogP contribution in [0.3, 0.4) is 0 Å². The van der Waals surface area contributed by atoms with Gasteiger partial charge in [-0.1, -0.05) is 6.08 Å². The highest BCUT2D eigenvalue weighted by atomic mass is 16.5. The lowest BCUT2D eigenvalue weighted by Crippen LogP contribution is -2.25. The third kappa shape index (κ3) is 1.02. The SMILES string of the molecule is O=C(O)C1=CCCC2OC=CC12. The number of fused-ring (bicyclic) bond motifs is 1. The summed E-state index contributed by atoms with van der Waals surface area (Å²) in [7, 11) is 0. The average Bonchev–Trinajstić information content (AvgIpc) is 2.49. The van der Waals surface area contributed by atoms with E-state index in [1.165, 1.54) is 0 Å². The van der Waals surface area contributed by atoms with Gasteiger partial charge in [0.15, 0.2) is 0 Å². The highest BCUT2D eigenvalue weighted by Gasteiger charge is 2.33. The fraction of sp³-hybridized carbons (Fsp3) is 0.444. The summed E-state index contributed by atoms with van der Waals surface area (Å²) in [6.07, 6.45) is 7.03. The number of aliphatic carboxylic acids is 1. The Morgan fingerprint density at radius 2 is 2.50 bits per heavy atom. The predicted molar refractivity (Wildman–Crippen MR) is 42.5 cm³/mol. The van der Waals surface area contributed by atoms with Crippen LogP contribution in [-0.2, 0) is 9.53 Å². The maximum absolute atomic E-state index is 10.7. The van der Waals surface area contributed by atoms with Crippen molar-refractivity contribution >= 4 is 5.97 Å². The van der Waals surface area contributed by atoms with Gasteiger partial charge in [0, 0.05) is 11.5 Å². The molecule has 64 valence electrons. The molecule has 1 heterocycles. The molecule has 3 heteroatoms. The number of rotatable bonds is 1. The van der Waals surface area contributed by atoms with Crippen LogP contribution in [0, 0.1) is 5.92 Å². The molecule has 0 aromatic rings. The summed E-state index contributed by atoms with van der Waals surface area (Å²) in [6, 6.07) is 0. The average molecular weight is 166 g/mol. The highest BCUT2D eigenvalue weighted by Crippen LogP contribution is 2.32. The summed E-state index contributed by atoms with van der Waals surface area (Å²) in [5.41, 5.74) is 0.486. The molecule has 0 saturated carbocycles. The molecule has 3 nitrogen and oxygen atoms in total. The normalized spacial score (nSPS) is 32.2. The first-order valence-electron chi connectivity index (χ1n) is 4.04. The van der Waals surface area contributed by atoms with Gasteiger partial charge in [0.1, 0.15) is 6.10 Å². The Labute approximate surface area is 70.3 Å². The van der Waals surface area contributed by atoms with Crippen LogP contribution in [0.25, 0.3) is 0 Å². The quantitative estimate of drug-likeness (QED) is 0.639. The Morgan fingerprint density at radius 1 is 1.67 bits per heavy atom. The maximum Gasteiger partial charge on any atom is 0.331 e. The summed E-state index contributed by atoms with van der Waals surface area (Å²) in [5.74, 6) is -0.837. The topological polar surface area (TPSA) is 46.5 Å². The lowest BCUT2D eigenvalue weighted by atomic mass is 9.86. The number of hydrogen-bond donors (Lipinski definition) is 1. The van der Waals surface area contributed by atoms with Crippen LogP contribution in [0.2, 0.25) is 0 Å². The number of carbonyl (C=O) groups is 1. The van der Waals surface area contributed by atoms with Gasteiger partial charge >= 0.3 is 5.97 Å². The molecule has 2 rings (SSSR count). The summed E-state index contributed by atoms with van der Waals surface area (Å²) in [4.78, 5) is 10.7. The van der Waals surface area contributed by atoms with E-state index >= 15 is 0 Å². The number of allylic oxidation sites excluding steroid dienone is 1. The van der Waals surface area contributed by atoms with Crippen molar-refractivity contribution in [3.8, 4) is 0 Å². The van der Waals surface area contributed by atoms with Gasteiger partial charge in [0.25, 0.3) is 0 Å². The molecule has 0 spiro atoms. The van der Waals surface area contributed by atoms with E-state index < -0.39 is 5.97 Å². The van der Waals surface area contributed by atoms with E-state index in [9.17, 15) is 4.79 Å². The molecule has 0 aromatic carbocycles. The monoisotopic (exact) mass is 166 g/mol. The minimum atomic E-state index is -0.820. The van der Waals surface area contributed by atoms with Gasteiger partial charge in [0.2, 0.25) is 0 Å². The molecule has 0 amide bonds. The highest BCUT2D eigenvalue weighted by molar-refractivity contribution is 5.88. The molecule has 0 bridgehead atoms. The summed E-state index contributed by atoms with van der Waals surface area (Å²) in [5, 5.41) is 8.83. The summed E-state index contributed by atoms with van der Waals surface area (Å²) in [6.45, 7) is 0.